The summed E-state index contributed by atoms with van der Waals surface area (Å²) in [5, 5.41) is 3.90. The van der Waals surface area contributed by atoms with Gasteiger partial charge in [0.2, 0.25) is 0 Å². The van der Waals surface area contributed by atoms with Gasteiger partial charge in [-0.15, -0.1) is 0 Å². The van der Waals surface area contributed by atoms with Gasteiger partial charge in [0.25, 0.3) is 11.8 Å². The lowest BCUT2D eigenvalue weighted by molar-refractivity contribution is 0.0795. The highest BCUT2D eigenvalue weighted by Gasteiger charge is 2.14. The molecule has 0 aliphatic rings. The fraction of sp³-hybridized carbons (Fsp3) is 0.250. The van der Waals surface area contributed by atoms with Crippen LogP contribution < -0.4 is 4.74 Å². The maximum atomic E-state index is 13.2. The van der Waals surface area contributed by atoms with Crippen molar-refractivity contribution < 1.29 is 18.4 Å². The molecule has 0 radical (unpaired) electrons. The van der Waals surface area contributed by atoms with Crippen molar-refractivity contribution in [2.75, 3.05) is 13.6 Å². The highest BCUT2D eigenvalue weighted by atomic mass is 19.1. The number of benzene rings is 2. The van der Waals surface area contributed by atoms with Crippen molar-refractivity contribution in [2.45, 2.75) is 20.0 Å². The molecule has 2 aromatic carbocycles. The molecule has 7 heteroatoms. The third-order valence-electron chi connectivity index (χ3n) is 4.04. The predicted molar refractivity (Wildman–Crippen MR) is 96.9 cm³/mol. The quantitative estimate of drug-likeness (QED) is 0.638. The van der Waals surface area contributed by atoms with Gasteiger partial charge in [0.05, 0.1) is 0 Å². The standard InChI is InChI=1S/C20H20FN3O3/c1-14-6-3-4-9-17(14)26-13-19-22-18(23-27-19)10-11-24(2)20(25)15-7-5-8-16(21)12-15/h3-9,12H,10-11,13H2,1-2H3. The third kappa shape index (κ3) is 4.91. The molecule has 0 fully saturated rings. The van der Waals surface area contributed by atoms with Gasteiger partial charge in [-0.2, -0.15) is 4.98 Å². The second-order valence-corrected chi connectivity index (χ2v) is 6.15. The normalized spacial score (nSPS) is 10.6. The summed E-state index contributed by atoms with van der Waals surface area (Å²) < 4.78 is 24.1. The molecule has 6 nitrogen and oxygen atoms in total. The van der Waals surface area contributed by atoms with E-state index in [1.165, 1.54) is 23.1 Å². The zero-order valence-corrected chi connectivity index (χ0v) is 15.2. The summed E-state index contributed by atoms with van der Waals surface area (Å²) >= 11 is 0. The van der Waals surface area contributed by atoms with Gasteiger partial charge in [0.1, 0.15) is 11.6 Å². The Morgan fingerprint density at radius 1 is 1.22 bits per heavy atom. The lowest BCUT2D eigenvalue weighted by Crippen LogP contribution is -2.29. The Morgan fingerprint density at radius 2 is 2.04 bits per heavy atom. The summed E-state index contributed by atoms with van der Waals surface area (Å²) in [4.78, 5) is 18.1. The largest absolute Gasteiger partial charge is 0.483 e. The number of hydrogen-bond acceptors (Lipinski definition) is 5. The molecule has 0 spiro atoms. The van der Waals surface area contributed by atoms with Crippen molar-refractivity contribution in [3.05, 3.63) is 77.2 Å². The molecule has 0 saturated heterocycles. The Labute approximate surface area is 156 Å². The van der Waals surface area contributed by atoms with E-state index in [9.17, 15) is 9.18 Å². The van der Waals surface area contributed by atoms with E-state index in [0.29, 0.717) is 30.2 Å². The highest BCUT2D eigenvalue weighted by Crippen LogP contribution is 2.17. The van der Waals surface area contributed by atoms with Crippen molar-refractivity contribution >= 4 is 5.91 Å². The molecule has 0 unspecified atom stereocenters. The minimum atomic E-state index is -0.439. The summed E-state index contributed by atoms with van der Waals surface area (Å²) in [5.74, 6) is 0.911. The molecule has 140 valence electrons. The number of halogens is 1. The number of likely N-dealkylation sites (N-methyl/N-ethyl adjacent to an activating group) is 1. The first-order chi connectivity index (χ1) is 13.0. The molecule has 0 aliphatic heterocycles. The average Bonchev–Trinajstić information content (AvgIpc) is 3.13. The van der Waals surface area contributed by atoms with Crippen molar-refractivity contribution in [1.29, 1.82) is 0 Å². The van der Waals surface area contributed by atoms with Crippen molar-refractivity contribution in [2.24, 2.45) is 0 Å². The molecule has 1 heterocycles. The van der Waals surface area contributed by atoms with E-state index < -0.39 is 5.82 Å². The van der Waals surface area contributed by atoms with E-state index in [0.717, 1.165) is 11.3 Å². The van der Waals surface area contributed by atoms with Crippen LogP contribution in [0.5, 0.6) is 5.75 Å². The van der Waals surface area contributed by atoms with Crippen LogP contribution in [0.25, 0.3) is 0 Å². The summed E-state index contributed by atoms with van der Waals surface area (Å²) in [6, 6.07) is 13.3. The Balaban J connectivity index is 1.52. The van der Waals surface area contributed by atoms with Gasteiger partial charge in [-0.25, -0.2) is 4.39 Å². The van der Waals surface area contributed by atoms with Crippen LogP contribution in [0, 0.1) is 12.7 Å². The monoisotopic (exact) mass is 369 g/mol. The van der Waals surface area contributed by atoms with E-state index >= 15 is 0 Å². The average molecular weight is 369 g/mol. The minimum absolute atomic E-state index is 0.177. The second kappa shape index (κ2) is 8.44. The third-order valence-corrected chi connectivity index (χ3v) is 4.04. The predicted octanol–water partition coefficient (Wildman–Crippen LogP) is 3.41. The van der Waals surface area contributed by atoms with E-state index in [2.05, 4.69) is 10.1 Å². The molecule has 0 atom stereocenters. The molecule has 0 saturated carbocycles. The highest BCUT2D eigenvalue weighted by molar-refractivity contribution is 5.94. The fourth-order valence-corrected chi connectivity index (χ4v) is 2.52. The number of carbonyl (C=O) groups is 1. The topological polar surface area (TPSA) is 68.5 Å². The summed E-state index contributed by atoms with van der Waals surface area (Å²) in [7, 11) is 1.65. The molecule has 3 rings (SSSR count). The van der Waals surface area contributed by atoms with Crippen molar-refractivity contribution in [3.8, 4) is 5.75 Å². The van der Waals surface area contributed by atoms with Gasteiger partial charge in [-0.05, 0) is 36.8 Å². The summed E-state index contributed by atoms with van der Waals surface area (Å²) in [6.45, 7) is 2.52. The first-order valence-corrected chi connectivity index (χ1v) is 8.54. The zero-order valence-electron chi connectivity index (χ0n) is 15.2. The molecule has 0 N–H and O–H groups in total. The smallest absolute Gasteiger partial charge is 0.264 e. The van der Waals surface area contributed by atoms with Gasteiger partial charge in [0, 0.05) is 25.6 Å². The molecule has 1 amide bonds. The number of hydrogen-bond donors (Lipinski definition) is 0. The molecule has 0 aliphatic carbocycles. The van der Waals surface area contributed by atoms with Crippen LogP contribution in [-0.2, 0) is 13.0 Å². The van der Waals surface area contributed by atoms with Crippen LogP contribution in [0.2, 0.25) is 0 Å². The lowest BCUT2D eigenvalue weighted by Gasteiger charge is -2.16. The number of ether oxygens (including phenoxy) is 1. The van der Waals surface area contributed by atoms with Crippen LogP contribution in [0.15, 0.2) is 53.1 Å². The van der Waals surface area contributed by atoms with Crippen LogP contribution >= 0.6 is 0 Å². The fourth-order valence-electron chi connectivity index (χ4n) is 2.52. The number of rotatable bonds is 7. The van der Waals surface area contributed by atoms with Gasteiger partial charge in [0.15, 0.2) is 12.4 Å². The number of carbonyl (C=O) groups excluding carboxylic acids is 1. The number of para-hydroxylation sites is 1. The molecule has 3 aromatic rings. The maximum Gasteiger partial charge on any atom is 0.264 e. The van der Waals surface area contributed by atoms with E-state index in [-0.39, 0.29) is 12.5 Å². The van der Waals surface area contributed by atoms with Gasteiger partial charge in [-0.1, -0.05) is 29.4 Å². The number of aryl methyl sites for hydroxylation is 1. The summed E-state index contributed by atoms with van der Waals surface area (Å²) in [5.41, 5.74) is 1.33. The van der Waals surface area contributed by atoms with E-state index in [1.807, 2.05) is 31.2 Å². The molecule has 1 aromatic heterocycles. The lowest BCUT2D eigenvalue weighted by atomic mass is 10.2. The Bertz CT molecular complexity index is 926. The Hall–Kier alpha value is -3.22. The van der Waals surface area contributed by atoms with E-state index in [1.54, 1.807) is 13.1 Å². The number of nitrogens with zero attached hydrogens (tertiary/aromatic N) is 3. The molecular formula is C20H20FN3O3. The van der Waals surface area contributed by atoms with Crippen LogP contribution in [-0.4, -0.2) is 34.5 Å². The van der Waals surface area contributed by atoms with Gasteiger partial charge >= 0.3 is 0 Å². The van der Waals surface area contributed by atoms with Crippen molar-refractivity contribution in [1.82, 2.24) is 15.0 Å². The van der Waals surface area contributed by atoms with Crippen LogP contribution in [0.3, 0.4) is 0 Å². The van der Waals surface area contributed by atoms with E-state index in [4.69, 9.17) is 9.26 Å². The minimum Gasteiger partial charge on any atom is -0.483 e. The second-order valence-electron chi connectivity index (χ2n) is 6.15. The number of amides is 1. The maximum absolute atomic E-state index is 13.2. The first kappa shape index (κ1) is 18.6. The zero-order chi connectivity index (χ0) is 19.2. The molecular weight excluding hydrogens is 349 g/mol. The van der Waals surface area contributed by atoms with Gasteiger partial charge in [-0.3, -0.25) is 4.79 Å². The molecule has 27 heavy (non-hydrogen) atoms. The molecule has 0 bridgehead atoms. The van der Waals surface area contributed by atoms with Crippen molar-refractivity contribution in [3.63, 3.8) is 0 Å². The summed E-state index contributed by atoms with van der Waals surface area (Å²) in [6.07, 6.45) is 0.422. The van der Waals surface area contributed by atoms with Crippen LogP contribution in [0.1, 0.15) is 27.6 Å². The van der Waals surface area contributed by atoms with Crippen LogP contribution in [0.4, 0.5) is 4.39 Å². The Kier molecular flexibility index (Phi) is 5.80. The first-order valence-electron chi connectivity index (χ1n) is 8.54. The van der Waals surface area contributed by atoms with Gasteiger partial charge < -0.3 is 14.2 Å². The number of aromatic nitrogens is 2. The SMILES string of the molecule is Cc1ccccc1OCc1nc(CCN(C)C(=O)c2cccc(F)c2)no1. The Morgan fingerprint density at radius 3 is 2.81 bits per heavy atom.